The molecule has 0 aromatic heterocycles. The highest BCUT2D eigenvalue weighted by Crippen LogP contribution is 2.20. The van der Waals surface area contributed by atoms with Gasteiger partial charge in [0.05, 0.1) is 7.11 Å². The predicted octanol–water partition coefficient (Wildman–Crippen LogP) is 4.36. The van der Waals surface area contributed by atoms with Gasteiger partial charge in [-0.25, -0.2) is 0 Å². The Morgan fingerprint density at radius 2 is 1.85 bits per heavy atom. The zero-order chi connectivity index (χ0) is 19.1. The number of ether oxygens (including phenoxy) is 1. The maximum atomic E-state index is 12.4. The molecule has 1 aliphatic rings. The van der Waals surface area contributed by atoms with Gasteiger partial charge in [0.25, 0.3) is 0 Å². The topological polar surface area (TPSA) is 32.8 Å². The maximum absolute atomic E-state index is 12.4. The molecule has 0 spiro atoms. The molecule has 0 atom stereocenters. The van der Waals surface area contributed by atoms with E-state index in [1.165, 1.54) is 24.9 Å². The minimum Gasteiger partial charge on any atom is -0.497 e. The molecule has 1 amide bonds. The van der Waals surface area contributed by atoms with E-state index in [4.69, 9.17) is 4.74 Å². The first-order chi connectivity index (χ1) is 13.2. The van der Waals surface area contributed by atoms with E-state index >= 15 is 0 Å². The van der Waals surface area contributed by atoms with Gasteiger partial charge < -0.3 is 14.5 Å². The molecule has 0 unspecified atom stereocenters. The Hall–Kier alpha value is -2.75. The highest BCUT2D eigenvalue weighted by molar-refractivity contribution is 5.91. The molecule has 27 heavy (non-hydrogen) atoms. The van der Waals surface area contributed by atoms with Crippen molar-refractivity contribution in [3.8, 4) is 5.75 Å². The monoisotopic (exact) mass is 364 g/mol. The molecule has 2 aromatic rings. The van der Waals surface area contributed by atoms with Crippen molar-refractivity contribution >= 4 is 17.7 Å². The summed E-state index contributed by atoms with van der Waals surface area (Å²) in [7, 11) is 3.47. The Bertz CT molecular complexity index is 777. The molecule has 0 saturated carbocycles. The highest BCUT2D eigenvalue weighted by Gasteiger charge is 2.11. The highest BCUT2D eigenvalue weighted by atomic mass is 16.5. The lowest BCUT2D eigenvalue weighted by molar-refractivity contribution is -0.125. The van der Waals surface area contributed by atoms with Crippen LogP contribution >= 0.6 is 0 Å². The summed E-state index contributed by atoms with van der Waals surface area (Å²) >= 11 is 0. The van der Waals surface area contributed by atoms with Gasteiger partial charge in [0.2, 0.25) is 5.91 Å². The molecule has 1 saturated heterocycles. The molecular formula is C23H28N2O2. The number of carbonyl (C=O) groups excluding carboxylic acids is 1. The first-order valence-corrected chi connectivity index (χ1v) is 9.57. The van der Waals surface area contributed by atoms with Crippen LogP contribution in [0, 0.1) is 0 Å². The summed E-state index contributed by atoms with van der Waals surface area (Å²) in [4.78, 5) is 16.6. The van der Waals surface area contributed by atoms with Crippen LogP contribution < -0.4 is 9.64 Å². The van der Waals surface area contributed by atoms with Crippen LogP contribution in [0.2, 0.25) is 0 Å². The third-order valence-corrected chi connectivity index (χ3v) is 4.97. The zero-order valence-electron chi connectivity index (χ0n) is 16.2. The van der Waals surface area contributed by atoms with Crippen LogP contribution in [0.25, 0.3) is 6.08 Å². The SMILES string of the molecule is COc1cccc(/C=C/C(=O)N(C)Cc2ccc(N3CCCCC3)cc2)c1. The molecule has 0 bridgehead atoms. The fourth-order valence-corrected chi connectivity index (χ4v) is 3.36. The van der Waals surface area contributed by atoms with E-state index in [9.17, 15) is 4.79 Å². The van der Waals surface area contributed by atoms with E-state index < -0.39 is 0 Å². The van der Waals surface area contributed by atoms with Gasteiger partial charge in [-0.3, -0.25) is 4.79 Å². The van der Waals surface area contributed by atoms with Crippen LogP contribution in [0.15, 0.2) is 54.6 Å². The maximum Gasteiger partial charge on any atom is 0.246 e. The number of hydrogen-bond donors (Lipinski definition) is 0. The summed E-state index contributed by atoms with van der Waals surface area (Å²) in [5.41, 5.74) is 3.37. The first kappa shape index (κ1) is 19.0. The average Bonchev–Trinajstić information content (AvgIpc) is 2.73. The van der Waals surface area contributed by atoms with Gasteiger partial charge >= 0.3 is 0 Å². The van der Waals surface area contributed by atoms with Gasteiger partial charge in [-0.1, -0.05) is 24.3 Å². The Morgan fingerprint density at radius 3 is 2.56 bits per heavy atom. The number of methoxy groups -OCH3 is 1. The second kappa shape index (κ2) is 9.26. The number of amides is 1. The largest absolute Gasteiger partial charge is 0.497 e. The molecule has 1 aliphatic heterocycles. The minimum atomic E-state index is -0.0158. The fraction of sp³-hybridized carbons (Fsp3) is 0.348. The molecular weight excluding hydrogens is 336 g/mol. The van der Waals surface area contributed by atoms with Crippen molar-refractivity contribution in [2.45, 2.75) is 25.8 Å². The first-order valence-electron chi connectivity index (χ1n) is 9.57. The second-order valence-electron chi connectivity index (χ2n) is 7.02. The standard InChI is InChI=1S/C23H28N2O2/c1-24(23(26)14-11-19-7-6-8-22(17-19)27-2)18-20-9-12-21(13-10-20)25-15-4-3-5-16-25/h6-14,17H,3-5,15-16,18H2,1-2H3/b14-11+. The van der Waals surface area contributed by atoms with Gasteiger partial charge in [-0.2, -0.15) is 0 Å². The van der Waals surface area contributed by atoms with E-state index in [-0.39, 0.29) is 5.91 Å². The zero-order valence-corrected chi connectivity index (χ0v) is 16.2. The van der Waals surface area contributed by atoms with Crippen LogP contribution in [-0.2, 0) is 11.3 Å². The lowest BCUT2D eigenvalue weighted by Gasteiger charge is -2.29. The molecule has 0 radical (unpaired) electrons. The van der Waals surface area contributed by atoms with E-state index in [1.807, 2.05) is 37.4 Å². The van der Waals surface area contributed by atoms with Crippen LogP contribution in [0.3, 0.4) is 0 Å². The van der Waals surface area contributed by atoms with Crippen molar-refractivity contribution in [2.24, 2.45) is 0 Å². The minimum absolute atomic E-state index is 0.0158. The molecule has 4 nitrogen and oxygen atoms in total. The van der Waals surface area contributed by atoms with Crippen LogP contribution in [-0.4, -0.2) is 38.1 Å². The van der Waals surface area contributed by atoms with Crippen molar-refractivity contribution in [2.75, 3.05) is 32.1 Å². The summed E-state index contributed by atoms with van der Waals surface area (Å²) in [6.07, 6.45) is 7.32. The Kier molecular flexibility index (Phi) is 6.53. The van der Waals surface area contributed by atoms with Crippen molar-refractivity contribution in [3.05, 3.63) is 65.7 Å². The van der Waals surface area contributed by atoms with Crippen molar-refractivity contribution < 1.29 is 9.53 Å². The number of benzene rings is 2. The number of rotatable bonds is 6. The number of carbonyl (C=O) groups is 1. The van der Waals surface area contributed by atoms with Crippen molar-refractivity contribution in [3.63, 3.8) is 0 Å². The van der Waals surface area contributed by atoms with Gasteiger partial charge in [0.1, 0.15) is 5.75 Å². The molecule has 4 heteroatoms. The Morgan fingerprint density at radius 1 is 1.11 bits per heavy atom. The Labute approximate surface area is 162 Å². The predicted molar refractivity (Wildman–Crippen MR) is 111 cm³/mol. The smallest absolute Gasteiger partial charge is 0.246 e. The fourth-order valence-electron chi connectivity index (χ4n) is 3.36. The summed E-state index contributed by atoms with van der Waals surface area (Å²) in [5, 5.41) is 0. The van der Waals surface area contributed by atoms with Gasteiger partial charge in [-0.15, -0.1) is 0 Å². The second-order valence-corrected chi connectivity index (χ2v) is 7.02. The average molecular weight is 364 g/mol. The van der Waals surface area contributed by atoms with E-state index in [2.05, 4.69) is 29.2 Å². The van der Waals surface area contributed by atoms with E-state index in [1.54, 1.807) is 18.1 Å². The van der Waals surface area contributed by atoms with E-state index in [0.717, 1.165) is 30.0 Å². The molecule has 142 valence electrons. The number of likely N-dealkylation sites (N-methyl/N-ethyl adjacent to an activating group) is 1. The lowest BCUT2D eigenvalue weighted by atomic mass is 10.1. The summed E-state index contributed by atoms with van der Waals surface area (Å²) in [5.74, 6) is 0.768. The molecule has 3 rings (SSSR count). The third kappa shape index (κ3) is 5.36. The van der Waals surface area contributed by atoms with Gasteiger partial charge in [0.15, 0.2) is 0 Å². The summed E-state index contributed by atoms with van der Waals surface area (Å²) in [6.45, 7) is 2.89. The normalized spacial score (nSPS) is 14.4. The number of nitrogens with zero attached hydrogens (tertiary/aromatic N) is 2. The number of hydrogen-bond acceptors (Lipinski definition) is 3. The van der Waals surface area contributed by atoms with Crippen molar-refractivity contribution in [1.29, 1.82) is 0 Å². The number of anilines is 1. The van der Waals surface area contributed by atoms with Gasteiger partial charge in [0, 0.05) is 38.4 Å². The quantitative estimate of drug-likeness (QED) is 0.714. The van der Waals surface area contributed by atoms with Crippen LogP contribution in [0.1, 0.15) is 30.4 Å². The van der Waals surface area contributed by atoms with Crippen molar-refractivity contribution in [1.82, 2.24) is 4.90 Å². The lowest BCUT2D eigenvalue weighted by Crippen LogP contribution is -2.29. The molecule has 2 aromatic carbocycles. The molecule has 1 heterocycles. The molecule has 1 fully saturated rings. The van der Waals surface area contributed by atoms with Crippen LogP contribution in [0.5, 0.6) is 5.75 Å². The Balaban J connectivity index is 1.56. The third-order valence-electron chi connectivity index (χ3n) is 4.97. The van der Waals surface area contributed by atoms with E-state index in [0.29, 0.717) is 6.54 Å². The molecule has 0 aliphatic carbocycles. The summed E-state index contributed by atoms with van der Waals surface area (Å²) in [6, 6.07) is 16.2. The number of piperidine rings is 1. The molecule has 0 N–H and O–H groups in total. The van der Waals surface area contributed by atoms with Crippen LogP contribution in [0.4, 0.5) is 5.69 Å². The summed E-state index contributed by atoms with van der Waals surface area (Å²) < 4.78 is 5.21. The van der Waals surface area contributed by atoms with Gasteiger partial charge in [-0.05, 0) is 60.7 Å².